The lowest BCUT2D eigenvalue weighted by Crippen LogP contribution is -2.15. The first-order chi connectivity index (χ1) is 10.3. The second kappa shape index (κ2) is 6.86. The maximum absolute atomic E-state index is 6.06. The summed E-state index contributed by atoms with van der Waals surface area (Å²) < 4.78 is 7.13. The molecule has 0 bridgehead atoms. The quantitative estimate of drug-likeness (QED) is 0.870. The molecule has 3 rings (SSSR count). The molecule has 1 atom stereocenters. The molecular formula is C17H18BrNOS. The minimum Gasteiger partial charge on any atom is -0.492 e. The zero-order valence-electron chi connectivity index (χ0n) is 11.7. The normalized spacial score (nSPS) is 16.8. The van der Waals surface area contributed by atoms with Crippen molar-refractivity contribution in [3.05, 3.63) is 58.1 Å². The summed E-state index contributed by atoms with van der Waals surface area (Å²) in [6, 6.07) is 14.8. The largest absolute Gasteiger partial charge is 0.492 e. The Morgan fingerprint density at radius 3 is 2.90 bits per heavy atom. The van der Waals surface area contributed by atoms with Gasteiger partial charge >= 0.3 is 0 Å². The number of ether oxygens (including phenoxy) is 1. The second-order valence-electron chi connectivity index (χ2n) is 5.15. The lowest BCUT2D eigenvalue weighted by Gasteiger charge is -2.14. The van der Waals surface area contributed by atoms with Crippen LogP contribution in [0.3, 0.4) is 0 Å². The molecule has 2 aromatic carbocycles. The van der Waals surface area contributed by atoms with Gasteiger partial charge in [-0.15, -0.1) is 11.8 Å². The molecule has 2 N–H and O–H groups in total. The van der Waals surface area contributed by atoms with Crippen molar-refractivity contribution in [2.45, 2.75) is 23.0 Å². The Balaban J connectivity index is 1.64. The molecule has 1 unspecified atom stereocenters. The molecule has 1 aliphatic heterocycles. The van der Waals surface area contributed by atoms with Crippen LogP contribution in [-0.2, 0) is 12.8 Å². The van der Waals surface area contributed by atoms with Gasteiger partial charge < -0.3 is 10.5 Å². The maximum Gasteiger partial charge on any atom is 0.122 e. The molecular weight excluding hydrogens is 346 g/mol. The lowest BCUT2D eigenvalue weighted by molar-refractivity contribution is 0.314. The van der Waals surface area contributed by atoms with Crippen LogP contribution in [-0.4, -0.2) is 18.4 Å². The minimum absolute atomic E-state index is 0.497. The number of rotatable bonds is 5. The van der Waals surface area contributed by atoms with Gasteiger partial charge in [-0.2, -0.15) is 0 Å². The third-order valence-corrected chi connectivity index (χ3v) is 5.36. The molecule has 0 saturated heterocycles. The summed E-state index contributed by atoms with van der Waals surface area (Å²) in [4.78, 5) is 1.39. The van der Waals surface area contributed by atoms with E-state index in [1.807, 2.05) is 23.9 Å². The smallest absolute Gasteiger partial charge is 0.122 e. The van der Waals surface area contributed by atoms with E-state index in [9.17, 15) is 0 Å². The highest BCUT2D eigenvalue weighted by molar-refractivity contribution is 9.10. The van der Waals surface area contributed by atoms with E-state index >= 15 is 0 Å². The molecule has 2 aromatic rings. The van der Waals surface area contributed by atoms with E-state index < -0.39 is 0 Å². The molecule has 2 nitrogen and oxygen atoms in total. The monoisotopic (exact) mass is 363 g/mol. The molecule has 0 aromatic heterocycles. The van der Waals surface area contributed by atoms with Gasteiger partial charge in [0.2, 0.25) is 0 Å². The number of hydrogen-bond acceptors (Lipinski definition) is 3. The molecule has 0 spiro atoms. The van der Waals surface area contributed by atoms with Gasteiger partial charge in [0.1, 0.15) is 12.4 Å². The van der Waals surface area contributed by atoms with Crippen LogP contribution in [0.1, 0.15) is 11.1 Å². The van der Waals surface area contributed by atoms with Crippen molar-refractivity contribution >= 4 is 27.7 Å². The summed E-state index contributed by atoms with van der Waals surface area (Å²) in [5.74, 6) is 0.959. The summed E-state index contributed by atoms with van der Waals surface area (Å²) in [6.07, 6.45) is 1.93. The fourth-order valence-electron chi connectivity index (χ4n) is 2.57. The van der Waals surface area contributed by atoms with Crippen molar-refractivity contribution in [3.8, 4) is 5.75 Å². The Bertz CT molecular complexity index is 607. The molecule has 0 fully saturated rings. The summed E-state index contributed by atoms with van der Waals surface area (Å²) >= 11 is 5.42. The second-order valence-corrected chi connectivity index (χ2v) is 7.41. The zero-order chi connectivity index (χ0) is 14.7. The fourth-order valence-corrected chi connectivity index (χ4v) is 4.20. The van der Waals surface area contributed by atoms with Crippen LogP contribution in [0.2, 0.25) is 0 Å². The fraction of sp³-hybridized carbons (Fsp3) is 0.294. The molecule has 0 amide bonds. The van der Waals surface area contributed by atoms with Crippen LogP contribution >= 0.6 is 27.7 Å². The Morgan fingerprint density at radius 1 is 1.24 bits per heavy atom. The summed E-state index contributed by atoms with van der Waals surface area (Å²) in [6.45, 7) is 1.37. The van der Waals surface area contributed by atoms with E-state index in [0.717, 1.165) is 29.7 Å². The van der Waals surface area contributed by atoms with Crippen molar-refractivity contribution in [2.75, 3.05) is 13.2 Å². The average Bonchev–Trinajstić information content (AvgIpc) is 2.89. The molecule has 110 valence electrons. The van der Waals surface area contributed by atoms with E-state index in [1.165, 1.54) is 16.0 Å². The number of benzene rings is 2. The van der Waals surface area contributed by atoms with Crippen LogP contribution in [0.4, 0.5) is 0 Å². The number of hydrogen-bond donors (Lipinski definition) is 1. The Kier molecular flexibility index (Phi) is 4.88. The molecule has 21 heavy (non-hydrogen) atoms. The highest BCUT2D eigenvalue weighted by Crippen LogP contribution is 2.37. The first-order valence-electron chi connectivity index (χ1n) is 7.12. The lowest BCUT2D eigenvalue weighted by atomic mass is 10.1. The van der Waals surface area contributed by atoms with Gasteiger partial charge in [-0.25, -0.2) is 0 Å². The van der Waals surface area contributed by atoms with Gasteiger partial charge in [0.15, 0.2) is 0 Å². The van der Waals surface area contributed by atoms with Crippen molar-refractivity contribution in [3.63, 3.8) is 0 Å². The van der Waals surface area contributed by atoms with Crippen molar-refractivity contribution < 1.29 is 4.74 Å². The van der Waals surface area contributed by atoms with Crippen molar-refractivity contribution in [1.82, 2.24) is 0 Å². The van der Waals surface area contributed by atoms with Crippen LogP contribution < -0.4 is 10.5 Å². The van der Waals surface area contributed by atoms with Gasteiger partial charge in [0, 0.05) is 14.6 Å². The van der Waals surface area contributed by atoms with E-state index in [0.29, 0.717) is 11.8 Å². The maximum atomic E-state index is 6.06. The number of nitrogens with two attached hydrogens (primary N) is 1. The van der Waals surface area contributed by atoms with E-state index in [1.54, 1.807) is 0 Å². The molecule has 0 radical (unpaired) electrons. The van der Waals surface area contributed by atoms with Gasteiger partial charge in [0.25, 0.3) is 0 Å². The molecule has 1 heterocycles. The first-order valence-corrected chi connectivity index (χ1v) is 8.79. The Labute approximate surface area is 138 Å². The standard InChI is InChI=1S/C17H18BrNOS/c18-14-5-6-16(12(9-14)7-8-19)20-11-15-10-13-3-1-2-4-17(13)21-15/h1-6,9,15H,7-8,10-11,19H2. The van der Waals surface area contributed by atoms with Crippen LogP contribution in [0.25, 0.3) is 0 Å². The number of thioether (sulfide) groups is 1. The third kappa shape index (κ3) is 3.62. The molecule has 0 saturated carbocycles. The number of fused-ring (bicyclic) bond motifs is 1. The van der Waals surface area contributed by atoms with Crippen molar-refractivity contribution in [1.29, 1.82) is 0 Å². The van der Waals surface area contributed by atoms with E-state index in [4.69, 9.17) is 10.5 Å². The highest BCUT2D eigenvalue weighted by atomic mass is 79.9. The molecule has 0 aliphatic carbocycles. The average molecular weight is 364 g/mol. The summed E-state index contributed by atoms with van der Waals surface area (Å²) in [5.41, 5.74) is 8.29. The predicted octanol–water partition coefficient (Wildman–Crippen LogP) is 4.05. The minimum atomic E-state index is 0.497. The van der Waals surface area contributed by atoms with E-state index in [-0.39, 0.29) is 0 Å². The first kappa shape index (κ1) is 14.9. The number of halogens is 1. The Hall–Kier alpha value is -0.970. The summed E-state index contributed by atoms with van der Waals surface area (Å²) in [5, 5.41) is 0.497. The Morgan fingerprint density at radius 2 is 2.10 bits per heavy atom. The van der Waals surface area contributed by atoms with Gasteiger partial charge in [0.05, 0.1) is 0 Å². The summed E-state index contributed by atoms with van der Waals surface area (Å²) in [7, 11) is 0. The van der Waals surface area contributed by atoms with E-state index in [2.05, 4.69) is 46.3 Å². The van der Waals surface area contributed by atoms with Crippen LogP contribution in [0, 0.1) is 0 Å². The molecule has 4 heteroatoms. The predicted molar refractivity (Wildman–Crippen MR) is 92.2 cm³/mol. The third-order valence-electron chi connectivity index (χ3n) is 3.57. The topological polar surface area (TPSA) is 35.2 Å². The van der Waals surface area contributed by atoms with Gasteiger partial charge in [-0.05, 0) is 54.8 Å². The van der Waals surface area contributed by atoms with Gasteiger partial charge in [-0.1, -0.05) is 34.1 Å². The SMILES string of the molecule is NCCc1cc(Br)ccc1OCC1Cc2ccccc2S1. The highest BCUT2D eigenvalue weighted by Gasteiger charge is 2.22. The van der Waals surface area contributed by atoms with Crippen LogP contribution in [0.15, 0.2) is 51.8 Å². The van der Waals surface area contributed by atoms with Gasteiger partial charge in [-0.3, -0.25) is 0 Å². The zero-order valence-corrected chi connectivity index (χ0v) is 14.1. The molecule has 1 aliphatic rings. The van der Waals surface area contributed by atoms with Crippen molar-refractivity contribution in [2.24, 2.45) is 5.73 Å². The van der Waals surface area contributed by atoms with Crippen LogP contribution in [0.5, 0.6) is 5.75 Å².